The van der Waals surface area contributed by atoms with Crippen LogP contribution in [0.3, 0.4) is 0 Å². The second kappa shape index (κ2) is 9.28. The summed E-state index contributed by atoms with van der Waals surface area (Å²) in [4.78, 5) is 27.6. The number of carbonyl (C=O) groups excluding carboxylic acids is 2. The maximum atomic E-state index is 13.0. The number of likely N-dealkylation sites (tertiary alicyclic amines) is 1. The van der Waals surface area contributed by atoms with Crippen molar-refractivity contribution in [1.29, 1.82) is 0 Å². The third-order valence-electron chi connectivity index (χ3n) is 4.98. The molecule has 0 bridgehead atoms. The Labute approximate surface area is 171 Å². The minimum absolute atomic E-state index is 0.0574. The first-order valence-electron chi connectivity index (χ1n) is 9.64. The van der Waals surface area contributed by atoms with Gasteiger partial charge in [-0.1, -0.05) is 18.2 Å². The molecular weight excluding hydrogens is 368 g/mol. The summed E-state index contributed by atoms with van der Waals surface area (Å²) in [7, 11) is 3.09. The number of ether oxygens (including phenoxy) is 2. The molecule has 0 atom stereocenters. The molecule has 2 amide bonds. The molecule has 152 valence electrons. The normalized spacial score (nSPS) is 13.1. The third kappa shape index (κ3) is 4.42. The van der Waals surface area contributed by atoms with E-state index in [0.29, 0.717) is 34.7 Å². The van der Waals surface area contributed by atoms with Gasteiger partial charge in [0.1, 0.15) is 0 Å². The summed E-state index contributed by atoms with van der Waals surface area (Å²) in [6.07, 6.45) is 4.30. The summed E-state index contributed by atoms with van der Waals surface area (Å²) < 4.78 is 10.8. The zero-order chi connectivity index (χ0) is 20.8. The molecular formula is C23H26N2O4. The number of hydrogen-bond donors (Lipinski definition) is 1. The maximum absolute atomic E-state index is 13.0. The predicted molar refractivity (Wildman–Crippen MR) is 113 cm³/mol. The van der Waals surface area contributed by atoms with E-state index in [1.54, 1.807) is 49.6 Å². The first-order chi connectivity index (χ1) is 14.1. The number of benzene rings is 2. The molecule has 0 saturated carbocycles. The van der Waals surface area contributed by atoms with E-state index in [0.717, 1.165) is 31.5 Å². The Hall–Kier alpha value is -3.28. The van der Waals surface area contributed by atoms with E-state index >= 15 is 0 Å². The Bertz CT molecular complexity index is 917. The average molecular weight is 394 g/mol. The summed E-state index contributed by atoms with van der Waals surface area (Å²) in [5.41, 5.74) is 2.21. The van der Waals surface area contributed by atoms with Crippen molar-refractivity contribution in [3.8, 4) is 11.5 Å². The lowest BCUT2D eigenvalue weighted by Gasteiger charge is -2.18. The summed E-state index contributed by atoms with van der Waals surface area (Å²) in [6, 6.07) is 10.5. The highest BCUT2D eigenvalue weighted by Crippen LogP contribution is 2.33. The number of anilines is 1. The maximum Gasteiger partial charge on any atom is 0.255 e. The number of nitrogens with one attached hydrogen (secondary N) is 1. The Morgan fingerprint density at radius 3 is 2.52 bits per heavy atom. The molecule has 0 aliphatic carbocycles. The van der Waals surface area contributed by atoms with E-state index in [-0.39, 0.29) is 11.8 Å². The summed E-state index contributed by atoms with van der Waals surface area (Å²) >= 11 is 0. The Morgan fingerprint density at radius 1 is 1.14 bits per heavy atom. The molecule has 1 aliphatic rings. The molecule has 6 heteroatoms. The van der Waals surface area contributed by atoms with Gasteiger partial charge in [-0.25, -0.2) is 0 Å². The Balaban J connectivity index is 1.90. The highest BCUT2D eigenvalue weighted by Gasteiger charge is 2.23. The van der Waals surface area contributed by atoms with E-state index in [1.807, 2.05) is 4.90 Å². The summed E-state index contributed by atoms with van der Waals surface area (Å²) in [6.45, 7) is 5.26. The van der Waals surface area contributed by atoms with Crippen molar-refractivity contribution in [3.05, 3.63) is 65.7 Å². The monoisotopic (exact) mass is 394 g/mol. The van der Waals surface area contributed by atoms with Crippen LogP contribution in [0.25, 0.3) is 0 Å². The largest absolute Gasteiger partial charge is 0.493 e. The molecule has 0 radical (unpaired) electrons. The number of nitrogens with zero attached hydrogens (tertiary/aromatic N) is 1. The smallest absolute Gasteiger partial charge is 0.255 e. The summed E-state index contributed by atoms with van der Waals surface area (Å²) in [5, 5.41) is 2.88. The van der Waals surface area contributed by atoms with E-state index in [1.165, 1.54) is 7.11 Å². The minimum atomic E-state index is -0.321. The van der Waals surface area contributed by atoms with Gasteiger partial charge in [-0.2, -0.15) is 0 Å². The van der Waals surface area contributed by atoms with Crippen molar-refractivity contribution >= 4 is 17.5 Å². The quantitative estimate of drug-likeness (QED) is 0.723. The van der Waals surface area contributed by atoms with Crippen LogP contribution in [-0.4, -0.2) is 44.0 Å². The molecule has 0 unspecified atom stereocenters. The fourth-order valence-electron chi connectivity index (χ4n) is 3.55. The second-order valence-electron chi connectivity index (χ2n) is 6.86. The van der Waals surface area contributed by atoms with Gasteiger partial charge >= 0.3 is 0 Å². The average Bonchev–Trinajstić information content (AvgIpc) is 3.28. The Morgan fingerprint density at radius 2 is 1.86 bits per heavy atom. The van der Waals surface area contributed by atoms with E-state index in [4.69, 9.17) is 9.47 Å². The van der Waals surface area contributed by atoms with Gasteiger partial charge in [0.25, 0.3) is 11.8 Å². The number of rotatable bonds is 7. The molecule has 2 aromatic carbocycles. The minimum Gasteiger partial charge on any atom is -0.493 e. The lowest BCUT2D eigenvalue weighted by Crippen LogP contribution is -2.28. The van der Waals surface area contributed by atoms with Crippen LogP contribution >= 0.6 is 0 Å². The van der Waals surface area contributed by atoms with Crippen molar-refractivity contribution in [3.63, 3.8) is 0 Å². The van der Waals surface area contributed by atoms with Crippen LogP contribution in [-0.2, 0) is 6.42 Å². The fraction of sp³-hybridized carbons (Fsp3) is 0.304. The molecule has 1 fully saturated rings. The molecule has 0 aromatic heterocycles. The van der Waals surface area contributed by atoms with Crippen molar-refractivity contribution in [2.24, 2.45) is 0 Å². The molecule has 0 spiro atoms. The highest BCUT2D eigenvalue weighted by atomic mass is 16.5. The SMILES string of the molecule is C=CCc1cc(C(=O)Nc2ccccc2C(=O)N2CCCC2)cc(OC)c1OC. The zero-order valence-electron chi connectivity index (χ0n) is 16.9. The van der Waals surface area contributed by atoms with Crippen LogP contribution in [0.4, 0.5) is 5.69 Å². The lowest BCUT2D eigenvalue weighted by atomic mass is 10.0. The number of allylic oxidation sites excluding steroid dienone is 1. The number of carbonyl (C=O) groups is 2. The Kier molecular flexibility index (Phi) is 6.54. The molecule has 29 heavy (non-hydrogen) atoms. The van der Waals surface area contributed by atoms with Gasteiger partial charge < -0.3 is 19.7 Å². The molecule has 6 nitrogen and oxygen atoms in total. The molecule has 1 N–H and O–H groups in total. The zero-order valence-corrected chi connectivity index (χ0v) is 16.9. The molecule has 2 aromatic rings. The van der Waals surface area contributed by atoms with E-state index in [2.05, 4.69) is 11.9 Å². The van der Waals surface area contributed by atoms with Crippen molar-refractivity contribution < 1.29 is 19.1 Å². The van der Waals surface area contributed by atoms with Gasteiger partial charge in [-0.15, -0.1) is 6.58 Å². The van der Waals surface area contributed by atoms with Crippen molar-refractivity contribution in [2.45, 2.75) is 19.3 Å². The van der Waals surface area contributed by atoms with Crippen LogP contribution in [0.5, 0.6) is 11.5 Å². The first kappa shape index (κ1) is 20.5. The molecule has 3 rings (SSSR count). The molecule has 1 aliphatic heterocycles. The molecule has 1 heterocycles. The number of amides is 2. The van der Waals surface area contributed by atoms with Gasteiger partial charge in [-0.3, -0.25) is 9.59 Å². The van der Waals surface area contributed by atoms with Gasteiger partial charge in [0, 0.05) is 24.2 Å². The first-order valence-corrected chi connectivity index (χ1v) is 9.64. The lowest BCUT2D eigenvalue weighted by molar-refractivity contribution is 0.0794. The second-order valence-corrected chi connectivity index (χ2v) is 6.86. The predicted octanol–water partition coefficient (Wildman–Crippen LogP) is 3.92. The number of para-hydroxylation sites is 1. The van der Waals surface area contributed by atoms with Crippen LogP contribution in [0.1, 0.15) is 39.1 Å². The van der Waals surface area contributed by atoms with Crippen LogP contribution in [0.2, 0.25) is 0 Å². The standard InChI is InChI=1S/C23H26N2O4/c1-4-9-16-14-17(15-20(28-2)21(16)29-3)22(26)24-19-11-6-5-10-18(19)23(27)25-12-7-8-13-25/h4-6,10-11,14-15H,1,7-9,12-13H2,2-3H3,(H,24,26). The van der Waals surface area contributed by atoms with Gasteiger partial charge in [0.15, 0.2) is 11.5 Å². The van der Waals surface area contributed by atoms with Crippen molar-refractivity contribution in [1.82, 2.24) is 4.90 Å². The third-order valence-corrected chi connectivity index (χ3v) is 4.98. The highest BCUT2D eigenvalue weighted by molar-refractivity contribution is 6.09. The fourth-order valence-corrected chi connectivity index (χ4v) is 3.55. The number of hydrogen-bond acceptors (Lipinski definition) is 4. The van der Waals surface area contributed by atoms with E-state index in [9.17, 15) is 9.59 Å². The van der Waals surface area contributed by atoms with Crippen LogP contribution < -0.4 is 14.8 Å². The van der Waals surface area contributed by atoms with Crippen molar-refractivity contribution in [2.75, 3.05) is 32.6 Å². The van der Waals surface area contributed by atoms with E-state index < -0.39 is 0 Å². The van der Waals surface area contributed by atoms with Gasteiger partial charge in [-0.05, 0) is 43.5 Å². The van der Waals surface area contributed by atoms with Crippen LogP contribution in [0, 0.1) is 0 Å². The summed E-state index contributed by atoms with van der Waals surface area (Å²) in [5.74, 6) is 0.669. The van der Waals surface area contributed by atoms with Gasteiger partial charge in [0.05, 0.1) is 25.5 Å². The molecule has 1 saturated heterocycles. The number of methoxy groups -OCH3 is 2. The topological polar surface area (TPSA) is 67.9 Å². The van der Waals surface area contributed by atoms with Crippen LogP contribution in [0.15, 0.2) is 49.1 Å². The van der Waals surface area contributed by atoms with Gasteiger partial charge in [0.2, 0.25) is 0 Å².